The Labute approximate surface area is 82.7 Å². The second-order valence-electron chi connectivity index (χ2n) is 2.68. The first-order valence-corrected chi connectivity index (χ1v) is 4.52. The smallest absolute Gasteiger partial charge is 0.322 e. The molecule has 0 saturated heterocycles. The minimum atomic E-state index is -1.19. The van der Waals surface area contributed by atoms with Crippen LogP contribution in [-0.2, 0) is 14.3 Å². The maximum absolute atomic E-state index is 11.3. The van der Waals surface area contributed by atoms with Gasteiger partial charge in [-0.15, -0.1) is 0 Å². The van der Waals surface area contributed by atoms with Crippen LogP contribution in [0.3, 0.4) is 0 Å². The molecule has 0 bridgehead atoms. The molecule has 0 aliphatic rings. The van der Waals surface area contributed by atoms with Crippen LogP contribution in [0.25, 0.3) is 0 Å². The van der Waals surface area contributed by atoms with Crippen LogP contribution >= 0.6 is 12.6 Å². The van der Waals surface area contributed by atoms with E-state index in [2.05, 4.69) is 12.6 Å². The first-order valence-electron chi connectivity index (χ1n) is 4.07. The molecule has 0 spiro atoms. The number of rotatable bonds is 5. The van der Waals surface area contributed by atoms with E-state index in [0.29, 0.717) is 6.42 Å². The molecule has 0 aromatic carbocycles. The monoisotopic (exact) mass is 206 g/mol. The molecular formula is C8H14O4S. The molecule has 0 aromatic rings. The van der Waals surface area contributed by atoms with Gasteiger partial charge in [0.05, 0.1) is 13.0 Å². The zero-order chi connectivity index (χ0) is 10.5. The molecule has 5 heteroatoms. The van der Waals surface area contributed by atoms with Crippen molar-refractivity contribution in [2.24, 2.45) is 0 Å². The number of aliphatic carboxylic acids is 1. The van der Waals surface area contributed by atoms with Crippen LogP contribution in [0.5, 0.6) is 0 Å². The summed E-state index contributed by atoms with van der Waals surface area (Å²) < 4.78 is 3.53. The molecule has 0 aromatic heterocycles. The largest absolute Gasteiger partial charge is 0.481 e. The van der Waals surface area contributed by atoms with E-state index in [1.54, 1.807) is 13.8 Å². The maximum atomic E-state index is 11.3. The van der Waals surface area contributed by atoms with Gasteiger partial charge in [0.15, 0.2) is 0 Å². The number of carbonyl (C=O) groups is 2. The minimum absolute atomic E-state index is 0.237. The highest BCUT2D eigenvalue weighted by atomic mass is 32.1. The van der Waals surface area contributed by atoms with Gasteiger partial charge in [-0.05, 0) is 13.3 Å². The molecule has 1 unspecified atom stereocenters. The number of carbonyl (C=O) groups excluding carboxylic acids is 1. The number of thiol groups is 1. The van der Waals surface area contributed by atoms with Gasteiger partial charge in [-0.3, -0.25) is 9.59 Å². The van der Waals surface area contributed by atoms with E-state index in [1.165, 1.54) is 0 Å². The van der Waals surface area contributed by atoms with Crippen LogP contribution in [-0.4, -0.2) is 28.4 Å². The van der Waals surface area contributed by atoms with Crippen LogP contribution in [0.2, 0.25) is 0 Å². The summed E-state index contributed by atoms with van der Waals surface area (Å²) in [6.45, 7) is 3.61. The van der Waals surface area contributed by atoms with Crippen molar-refractivity contribution in [2.45, 2.75) is 31.4 Å². The molecule has 1 N–H and O–H groups in total. The number of hydrogen-bond acceptors (Lipinski definition) is 4. The van der Waals surface area contributed by atoms with E-state index < -0.39 is 16.7 Å². The van der Waals surface area contributed by atoms with Gasteiger partial charge >= 0.3 is 11.9 Å². The van der Waals surface area contributed by atoms with Crippen molar-refractivity contribution >= 4 is 24.6 Å². The fourth-order valence-electron chi connectivity index (χ4n) is 0.857. The summed E-state index contributed by atoms with van der Waals surface area (Å²) in [6, 6.07) is 0. The second-order valence-corrected chi connectivity index (χ2v) is 3.53. The Hall–Kier alpha value is -0.710. The molecule has 0 aliphatic carbocycles. The predicted molar refractivity (Wildman–Crippen MR) is 50.9 cm³/mol. The molecule has 0 rings (SSSR count). The molecule has 0 fully saturated rings. The van der Waals surface area contributed by atoms with E-state index in [-0.39, 0.29) is 13.0 Å². The lowest BCUT2D eigenvalue weighted by Crippen LogP contribution is -2.36. The quantitative estimate of drug-likeness (QED) is 0.522. The van der Waals surface area contributed by atoms with Gasteiger partial charge < -0.3 is 9.84 Å². The van der Waals surface area contributed by atoms with Crippen molar-refractivity contribution < 1.29 is 19.4 Å². The number of carboxylic acids is 1. The van der Waals surface area contributed by atoms with Crippen molar-refractivity contribution in [3.63, 3.8) is 0 Å². The number of ether oxygens (including phenoxy) is 1. The zero-order valence-electron chi connectivity index (χ0n) is 7.74. The van der Waals surface area contributed by atoms with Crippen LogP contribution in [0.15, 0.2) is 0 Å². The van der Waals surface area contributed by atoms with Crippen molar-refractivity contribution in [1.82, 2.24) is 0 Å². The van der Waals surface area contributed by atoms with Crippen LogP contribution in [0.4, 0.5) is 0 Å². The molecular weight excluding hydrogens is 192 g/mol. The Morgan fingerprint density at radius 2 is 2.00 bits per heavy atom. The first-order chi connectivity index (χ1) is 5.96. The summed E-state index contributed by atoms with van der Waals surface area (Å²) in [7, 11) is 0. The Morgan fingerprint density at radius 3 is 2.31 bits per heavy atom. The van der Waals surface area contributed by atoms with E-state index in [9.17, 15) is 9.59 Å². The molecule has 0 radical (unpaired) electrons. The number of hydrogen-bond donors (Lipinski definition) is 2. The van der Waals surface area contributed by atoms with E-state index in [1.807, 2.05) is 0 Å². The van der Waals surface area contributed by atoms with Crippen LogP contribution in [0.1, 0.15) is 26.7 Å². The SMILES string of the molecule is CCOC(=O)C(S)(CC)CC(=O)O. The molecule has 0 aliphatic heterocycles. The summed E-state index contributed by atoms with van der Waals surface area (Å²) in [5.74, 6) is -1.62. The zero-order valence-corrected chi connectivity index (χ0v) is 8.63. The summed E-state index contributed by atoms with van der Waals surface area (Å²) in [5, 5.41) is 8.54. The Morgan fingerprint density at radius 1 is 1.46 bits per heavy atom. The average Bonchev–Trinajstić information content (AvgIpc) is 2.03. The lowest BCUT2D eigenvalue weighted by atomic mass is 10.0. The van der Waals surface area contributed by atoms with Crippen molar-refractivity contribution in [3.8, 4) is 0 Å². The average molecular weight is 206 g/mol. The summed E-state index contributed by atoms with van der Waals surface area (Å²) in [5.41, 5.74) is 0. The third kappa shape index (κ3) is 3.67. The topological polar surface area (TPSA) is 63.6 Å². The molecule has 1 atom stereocenters. The maximum Gasteiger partial charge on any atom is 0.322 e. The Balaban J connectivity index is 4.42. The second kappa shape index (κ2) is 5.11. The highest BCUT2D eigenvalue weighted by Gasteiger charge is 2.36. The lowest BCUT2D eigenvalue weighted by Gasteiger charge is -2.22. The minimum Gasteiger partial charge on any atom is -0.481 e. The molecule has 0 amide bonds. The van der Waals surface area contributed by atoms with E-state index in [4.69, 9.17) is 9.84 Å². The lowest BCUT2D eigenvalue weighted by molar-refractivity contribution is -0.150. The standard InChI is InChI=1S/C8H14O4S/c1-3-8(13,5-6(9)10)7(11)12-4-2/h13H,3-5H2,1-2H3,(H,9,10). The van der Waals surface area contributed by atoms with Gasteiger partial charge in [-0.2, -0.15) is 12.6 Å². The normalized spacial score (nSPS) is 14.7. The molecule has 0 heterocycles. The number of carboxylic acid groups (broad SMARTS) is 1. The third-order valence-electron chi connectivity index (χ3n) is 1.68. The summed E-state index contributed by atoms with van der Waals surface area (Å²) >= 11 is 4.03. The van der Waals surface area contributed by atoms with Gasteiger partial charge in [-0.25, -0.2) is 0 Å². The molecule has 76 valence electrons. The van der Waals surface area contributed by atoms with Gasteiger partial charge in [0.2, 0.25) is 0 Å². The van der Waals surface area contributed by atoms with Gasteiger partial charge in [-0.1, -0.05) is 6.92 Å². The van der Waals surface area contributed by atoms with Crippen molar-refractivity contribution in [2.75, 3.05) is 6.61 Å². The predicted octanol–water partition coefficient (Wildman–Crippen LogP) is 1.10. The highest BCUT2D eigenvalue weighted by molar-refractivity contribution is 7.82. The van der Waals surface area contributed by atoms with Gasteiger partial charge in [0.1, 0.15) is 4.75 Å². The van der Waals surface area contributed by atoms with Gasteiger partial charge in [0, 0.05) is 0 Å². The third-order valence-corrected chi connectivity index (χ3v) is 2.34. The number of esters is 1. The molecule has 4 nitrogen and oxygen atoms in total. The van der Waals surface area contributed by atoms with E-state index in [0.717, 1.165) is 0 Å². The highest BCUT2D eigenvalue weighted by Crippen LogP contribution is 2.25. The fraction of sp³-hybridized carbons (Fsp3) is 0.750. The van der Waals surface area contributed by atoms with Gasteiger partial charge in [0.25, 0.3) is 0 Å². The van der Waals surface area contributed by atoms with Crippen LogP contribution < -0.4 is 0 Å². The van der Waals surface area contributed by atoms with E-state index >= 15 is 0 Å². The summed E-state index contributed by atoms with van der Waals surface area (Å²) in [4.78, 5) is 21.7. The summed E-state index contributed by atoms with van der Waals surface area (Å²) in [6.07, 6.45) is 0.0205. The van der Waals surface area contributed by atoms with Crippen LogP contribution in [0, 0.1) is 0 Å². The fourth-order valence-corrected chi connectivity index (χ4v) is 1.06. The Kier molecular flexibility index (Phi) is 4.83. The van der Waals surface area contributed by atoms with Crippen molar-refractivity contribution in [1.29, 1.82) is 0 Å². The molecule has 0 saturated carbocycles. The first kappa shape index (κ1) is 12.3. The van der Waals surface area contributed by atoms with Crippen molar-refractivity contribution in [3.05, 3.63) is 0 Å². The Bertz CT molecular complexity index is 204. The molecule has 13 heavy (non-hydrogen) atoms.